The van der Waals surface area contributed by atoms with E-state index in [1.165, 1.54) is 0 Å². The fraction of sp³-hybridized carbons (Fsp3) is 0.440. The fourth-order valence-corrected chi connectivity index (χ4v) is 6.38. The monoisotopic (exact) mass is 388 g/mol. The topological polar surface area (TPSA) is 49.4 Å². The number of rotatable bonds is 4. The minimum absolute atomic E-state index is 0.0396. The number of nitrogens with zero attached hydrogens (tertiary/aromatic N) is 1. The quantitative estimate of drug-likeness (QED) is 0.869. The fourth-order valence-electron chi connectivity index (χ4n) is 6.38. The number of piperazine rings is 1. The second-order valence-electron chi connectivity index (χ2n) is 9.36. The molecule has 2 amide bonds. The van der Waals surface area contributed by atoms with Crippen molar-refractivity contribution in [2.75, 3.05) is 6.54 Å². The number of carbonyl (C=O) groups excluding carboxylic acids is 2. The molecule has 2 aromatic rings. The Bertz CT molecular complexity index is 916. The van der Waals surface area contributed by atoms with Gasteiger partial charge in [-0.1, -0.05) is 74.5 Å². The lowest BCUT2D eigenvalue weighted by molar-refractivity contribution is -0.176. The van der Waals surface area contributed by atoms with Crippen LogP contribution in [0.5, 0.6) is 0 Å². The molecule has 1 N–H and O–H groups in total. The molecule has 2 aromatic carbocycles. The zero-order chi connectivity index (χ0) is 20.3. The number of benzene rings is 2. The number of hydrogen-bond donors (Lipinski definition) is 1. The lowest BCUT2D eigenvalue weighted by atomic mass is 9.49. The van der Waals surface area contributed by atoms with Crippen molar-refractivity contribution < 1.29 is 9.59 Å². The van der Waals surface area contributed by atoms with E-state index in [2.05, 4.69) is 43.4 Å². The number of nitrogens with one attached hydrogen (secondary N) is 1. The summed E-state index contributed by atoms with van der Waals surface area (Å²) in [6.45, 7) is 4.95. The maximum atomic E-state index is 14.1. The minimum Gasteiger partial charge on any atom is -0.339 e. The van der Waals surface area contributed by atoms with Gasteiger partial charge in [-0.05, 0) is 42.7 Å². The van der Waals surface area contributed by atoms with Crippen molar-refractivity contribution in [2.45, 2.75) is 56.0 Å². The summed E-state index contributed by atoms with van der Waals surface area (Å²) >= 11 is 0. The maximum Gasteiger partial charge on any atom is 0.250 e. The highest BCUT2D eigenvalue weighted by atomic mass is 16.2. The first-order chi connectivity index (χ1) is 14.0. The van der Waals surface area contributed by atoms with Crippen LogP contribution in [0.15, 0.2) is 60.7 Å². The van der Waals surface area contributed by atoms with Gasteiger partial charge in [0.25, 0.3) is 5.91 Å². The largest absolute Gasteiger partial charge is 0.339 e. The van der Waals surface area contributed by atoms with E-state index in [-0.39, 0.29) is 17.7 Å². The Morgan fingerprint density at radius 3 is 2.10 bits per heavy atom. The van der Waals surface area contributed by atoms with Crippen LogP contribution in [0.2, 0.25) is 0 Å². The van der Waals surface area contributed by atoms with Crippen molar-refractivity contribution >= 4 is 11.8 Å². The van der Waals surface area contributed by atoms with E-state index >= 15 is 0 Å². The Morgan fingerprint density at radius 2 is 1.55 bits per heavy atom. The summed E-state index contributed by atoms with van der Waals surface area (Å²) in [6.07, 6.45) is 2.90. The molecule has 29 heavy (non-hydrogen) atoms. The Hall–Kier alpha value is -2.62. The van der Waals surface area contributed by atoms with Gasteiger partial charge in [-0.2, -0.15) is 0 Å². The first-order valence-electron chi connectivity index (χ1n) is 10.7. The van der Waals surface area contributed by atoms with Crippen molar-refractivity contribution in [3.8, 4) is 0 Å². The van der Waals surface area contributed by atoms with Crippen LogP contribution >= 0.6 is 0 Å². The first kappa shape index (κ1) is 18.4. The first-order valence-corrected chi connectivity index (χ1v) is 10.7. The van der Waals surface area contributed by atoms with E-state index in [0.717, 1.165) is 24.0 Å². The van der Waals surface area contributed by atoms with Crippen molar-refractivity contribution in [1.29, 1.82) is 0 Å². The summed E-state index contributed by atoms with van der Waals surface area (Å²) in [5.41, 5.74) is -0.0440. The number of piperidine rings is 2. The molecule has 4 aliphatic heterocycles. The second kappa shape index (κ2) is 6.19. The van der Waals surface area contributed by atoms with Gasteiger partial charge in [0.15, 0.2) is 0 Å². The Kier molecular flexibility index (Phi) is 3.93. The number of carbonyl (C=O) groups is 2. The van der Waals surface area contributed by atoms with Crippen LogP contribution in [0.4, 0.5) is 0 Å². The zero-order valence-corrected chi connectivity index (χ0v) is 17.2. The molecule has 0 saturated carbocycles. The number of amides is 2. The van der Waals surface area contributed by atoms with Crippen LogP contribution in [0, 0.1) is 5.92 Å². The average molecular weight is 389 g/mol. The molecular weight excluding hydrogens is 360 g/mol. The summed E-state index contributed by atoms with van der Waals surface area (Å²) in [6, 6.07) is 20.7. The Morgan fingerprint density at radius 1 is 0.966 bits per heavy atom. The minimum atomic E-state index is -0.965. The SMILES string of the molecule is CC(C)C[C@]12NC(=O)[C@@]3(CCCN3C1=O)CC2(c1ccccc1)c1ccccc1. The Balaban J connectivity index is 1.86. The van der Waals surface area contributed by atoms with Crippen molar-refractivity contribution in [1.82, 2.24) is 10.2 Å². The molecule has 0 unspecified atom stereocenters. The molecule has 4 heterocycles. The van der Waals surface area contributed by atoms with Crippen LogP contribution in [0.3, 0.4) is 0 Å². The third kappa shape index (κ3) is 2.20. The van der Waals surface area contributed by atoms with E-state index in [9.17, 15) is 9.59 Å². The highest BCUT2D eigenvalue weighted by molar-refractivity contribution is 6.07. The lowest BCUT2D eigenvalue weighted by Crippen LogP contribution is -2.86. The molecule has 150 valence electrons. The summed E-state index contributed by atoms with van der Waals surface area (Å²) < 4.78 is 0. The molecule has 4 heteroatoms. The predicted molar refractivity (Wildman–Crippen MR) is 112 cm³/mol. The maximum absolute atomic E-state index is 14.1. The highest BCUT2D eigenvalue weighted by Crippen LogP contribution is 2.60. The molecular formula is C25H28N2O2. The van der Waals surface area contributed by atoms with Gasteiger partial charge in [-0.25, -0.2) is 0 Å². The average Bonchev–Trinajstić information content (AvgIpc) is 3.16. The van der Waals surface area contributed by atoms with Gasteiger partial charge < -0.3 is 10.2 Å². The van der Waals surface area contributed by atoms with Gasteiger partial charge in [0.05, 0.1) is 5.41 Å². The van der Waals surface area contributed by atoms with Crippen molar-refractivity contribution in [2.24, 2.45) is 5.92 Å². The van der Waals surface area contributed by atoms with Crippen LogP contribution in [0.25, 0.3) is 0 Å². The molecule has 4 aliphatic rings. The molecule has 4 fully saturated rings. The van der Waals surface area contributed by atoms with Gasteiger partial charge in [0, 0.05) is 6.54 Å². The molecule has 2 atom stereocenters. The molecule has 6 rings (SSSR count). The predicted octanol–water partition coefficient (Wildman–Crippen LogP) is 3.65. The smallest absolute Gasteiger partial charge is 0.250 e. The molecule has 2 bridgehead atoms. The van der Waals surface area contributed by atoms with Gasteiger partial charge >= 0.3 is 0 Å². The molecule has 0 radical (unpaired) electrons. The summed E-state index contributed by atoms with van der Waals surface area (Å²) in [7, 11) is 0. The molecule has 0 aromatic heterocycles. The zero-order valence-electron chi connectivity index (χ0n) is 17.2. The summed E-state index contributed by atoms with van der Waals surface area (Å²) in [5, 5.41) is 3.33. The molecule has 4 saturated heterocycles. The third-order valence-corrected chi connectivity index (χ3v) is 7.38. The van der Waals surface area contributed by atoms with Crippen LogP contribution in [-0.4, -0.2) is 34.3 Å². The molecule has 0 aliphatic carbocycles. The van der Waals surface area contributed by atoms with Crippen molar-refractivity contribution in [3.05, 3.63) is 71.8 Å². The number of hydrogen-bond acceptors (Lipinski definition) is 2. The summed E-state index contributed by atoms with van der Waals surface area (Å²) in [4.78, 5) is 29.5. The van der Waals surface area contributed by atoms with Gasteiger partial charge in [0.1, 0.15) is 11.1 Å². The van der Waals surface area contributed by atoms with E-state index < -0.39 is 16.5 Å². The van der Waals surface area contributed by atoms with E-state index in [4.69, 9.17) is 0 Å². The standard InChI is InChI=1S/C25H28N2O2/c1-18(2)16-25-22(29)27-15-9-14-23(27,21(28)26-25)17-24(25,19-10-5-3-6-11-19)20-12-7-4-8-13-20/h3-8,10-13,18H,9,14-17H2,1-2H3,(H,26,28)/t23-,25+/m1/s1. The summed E-state index contributed by atoms with van der Waals surface area (Å²) in [5.74, 6) is 0.402. The molecule has 4 nitrogen and oxygen atoms in total. The highest BCUT2D eigenvalue weighted by Gasteiger charge is 2.75. The van der Waals surface area contributed by atoms with Gasteiger partial charge in [-0.3, -0.25) is 9.59 Å². The van der Waals surface area contributed by atoms with Crippen LogP contribution in [0.1, 0.15) is 50.7 Å². The van der Waals surface area contributed by atoms with E-state index in [1.54, 1.807) is 0 Å². The third-order valence-electron chi connectivity index (χ3n) is 7.38. The molecule has 1 spiro atoms. The van der Waals surface area contributed by atoms with Crippen LogP contribution in [-0.2, 0) is 15.0 Å². The van der Waals surface area contributed by atoms with Crippen LogP contribution < -0.4 is 5.32 Å². The van der Waals surface area contributed by atoms with E-state index in [0.29, 0.717) is 19.4 Å². The van der Waals surface area contributed by atoms with Gasteiger partial charge in [-0.15, -0.1) is 0 Å². The number of fused-ring (bicyclic) bond motifs is 2. The van der Waals surface area contributed by atoms with Crippen molar-refractivity contribution in [3.63, 3.8) is 0 Å². The Labute approximate surface area is 172 Å². The normalized spacial score (nSPS) is 29.8. The lowest BCUT2D eigenvalue weighted by Gasteiger charge is -2.65. The van der Waals surface area contributed by atoms with E-state index in [1.807, 2.05) is 41.3 Å². The second-order valence-corrected chi connectivity index (χ2v) is 9.36. The van der Waals surface area contributed by atoms with Gasteiger partial charge in [0.2, 0.25) is 5.91 Å².